The summed E-state index contributed by atoms with van der Waals surface area (Å²) in [5.74, 6) is -0.926. The predicted molar refractivity (Wildman–Crippen MR) is 111 cm³/mol. The summed E-state index contributed by atoms with van der Waals surface area (Å²) < 4.78 is 13.6. The number of rotatable bonds is 6. The van der Waals surface area contributed by atoms with Gasteiger partial charge in [-0.15, -0.1) is 0 Å². The number of benzene rings is 2. The lowest BCUT2D eigenvalue weighted by atomic mass is 10.1. The van der Waals surface area contributed by atoms with E-state index in [1.807, 2.05) is 19.1 Å². The topological polar surface area (TPSA) is 71.1 Å². The molecule has 0 aliphatic heterocycles. The van der Waals surface area contributed by atoms with Crippen LogP contribution in [0.4, 0.5) is 10.1 Å². The Hall–Kier alpha value is -3.80. The summed E-state index contributed by atoms with van der Waals surface area (Å²) in [7, 11) is 0. The van der Waals surface area contributed by atoms with Crippen molar-refractivity contribution in [3.63, 3.8) is 0 Å². The summed E-state index contributed by atoms with van der Waals surface area (Å²) in [6.07, 6.45) is 5.86. The van der Waals surface area contributed by atoms with E-state index in [1.54, 1.807) is 54.9 Å². The highest BCUT2D eigenvalue weighted by atomic mass is 19.1. The Balaban J connectivity index is 1.57. The fourth-order valence-electron chi connectivity index (χ4n) is 2.68. The second-order valence-corrected chi connectivity index (χ2v) is 6.40. The molecule has 1 unspecified atom stereocenters. The maximum atomic E-state index is 13.6. The van der Waals surface area contributed by atoms with Gasteiger partial charge in [-0.2, -0.15) is 0 Å². The normalized spacial score (nSPS) is 11.8. The number of carbonyl (C=O) groups is 2. The van der Waals surface area contributed by atoms with Crippen molar-refractivity contribution in [2.45, 2.75) is 13.0 Å². The second kappa shape index (κ2) is 9.41. The molecule has 0 radical (unpaired) electrons. The van der Waals surface area contributed by atoms with Crippen LogP contribution < -0.4 is 10.6 Å². The molecule has 0 fully saturated rings. The molecule has 1 heterocycles. The lowest BCUT2D eigenvalue weighted by Crippen LogP contribution is -2.24. The molecule has 0 aliphatic carbocycles. The minimum atomic E-state index is -0.381. The largest absolute Gasteiger partial charge is 0.346 e. The zero-order chi connectivity index (χ0) is 20.6. The average molecular weight is 389 g/mol. The van der Waals surface area contributed by atoms with Crippen LogP contribution in [0.3, 0.4) is 0 Å². The summed E-state index contributed by atoms with van der Waals surface area (Å²) in [4.78, 5) is 28.1. The van der Waals surface area contributed by atoms with Crippen molar-refractivity contribution in [1.82, 2.24) is 10.3 Å². The van der Waals surface area contributed by atoms with Gasteiger partial charge in [-0.1, -0.05) is 30.3 Å². The van der Waals surface area contributed by atoms with Crippen LogP contribution in [0.5, 0.6) is 0 Å². The molecular weight excluding hydrogens is 369 g/mol. The van der Waals surface area contributed by atoms with Crippen LogP contribution >= 0.6 is 0 Å². The fourth-order valence-corrected chi connectivity index (χ4v) is 2.68. The fraction of sp³-hybridized carbons (Fsp3) is 0.0870. The number of nitrogens with one attached hydrogen (secondary N) is 2. The Morgan fingerprint density at radius 1 is 1.00 bits per heavy atom. The molecule has 0 bridgehead atoms. The Labute approximate surface area is 168 Å². The van der Waals surface area contributed by atoms with Gasteiger partial charge in [0.2, 0.25) is 5.91 Å². The molecule has 2 aromatic carbocycles. The van der Waals surface area contributed by atoms with Crippen LogP contribution in [0.1, 0.15) is 34.5 Å². The summed E-state index contributed by atoms with van der Waals surface area (Å²) in [6, 6.07) is 16.5. The maximum absolute atomic E-state index is 13.6. The number of nitrogens with zero attached hydrogens (tertiary/aromatic N) is 1. The van der Waals surface area contributed by atoms with E-state index < -0.39 is 0 Å². The number of carbonyl (C=O) groups excluding carboxylic acids is 2. The number of amides is 2. The van der Waals surface area contributed by atoms with Crippen LogP contribution in [0.2, 0.25) is 0 Å². The van der Waals surface area contributed by atoms with Crippen molar-refractivity contribution < 1.29 is 14.0 Å². The Morgan fingerprint density at radius 2 is 1.69 bits per heavy atom. The van der Waals surface area contributed by atoms with Crippen molar-refractivity contribution in [3.8, 4) is 0 Å². The summed E-state index contributed by atoms with van der Waals surface area (Å²) in [5, 5.41) is 5.64. The third-order valence-electron chi connectivity index (χ3n) is 4.29. The Bertz CT molecular complexity index is 1020. The zero-order valence-electron chi connectivity index (χ0n) is 15.8. The lowest BCUT2D eigenvalue weighted by molar-refractivity contribution is -0.117. The Kier molecular flexibility index (Phi) is 6.47. The van der Waals surface area contributed by atoms with E-state index in [0.29, 0.717) is 16.8 Å². The van der Waals surface area contributed by atoms with Gasteiger partial charge in [0.25, 0.3) is 5.91 Å². The van der Waals surface area contributed by atoms with Gasteiger partial charge in [-0.25, -0.2) is 4.39 Å². The highest BCUT2D eigenvalue weighted by molar-refractivity contribution is 6.04. The van der Waals surface area contributed by atoms with Gasteiger partial charge in [-0.05, 0) is 48.9 Å². The van der Waals surface area contributed by atoms with Gasteiger partial charge in [0.05, 0.1) is 6.04 Å². The molecule has 2 amide bonds. The lowest BCUT2D eigenvalue weighted by Gasteiger charge is -2.14. The molecule has 5 nitrogen and oxygen atoms in total. The first kappa shape index (κ1) is 19.9. The minimum absolute atomic E-state index is 0.222. The van der Waals surface area contributed by atoms with E-state index in [1.165, 1.54) is 18.2 Å². The van der Waals surface area contributed by atoms with Crippen LogP contribution in [0, 0.1) is 5.82 Å². The molecule has 0 saturated carbocycles. The molecule has 6 heteroatoms. The van der Waals surface area contributed by atoms with Crippen molar-refractivity contribution in [3.05, 3.63) is 102 Å². The van der Waals surface area contributed by atoms with Gasteiger partial charge in [-0.3, -0.25) is 14.6 Å². The van der Waals surface area contributed by atoms with Crippen LogP contribution in [-0.2, 0) is 4.79 Å². The number of hydrogen-bond acceptors (Lipinski definition) is 3. The van der Waals surface area contributed by atoms with Gasteiger partial charge in [0.1, 0.15) is 5.82 Å². The number of hydrogen-bond donors (Lipinski definition) is 2. The van der Waals surface area contributed by atoms with Crippen LogP contribution in [-0.4, -0.2) is 16.8 Å². The molecule has 2 N–H and O–H groups in total. The van der Waals surface area contributed by atoms with Gasteiger partial charge < -0.3 is 10.6 Å². The number of pyridine rings is 1. The summed E-state index contributed by atoms with van der Waals surface area (Å²) in [5.41, 5.74) is 2.39. The summed E-state index contributed by atoms with van der Waals surface area (Å²) in [6.45, 7) is 1.85. The molecule has 3 aromatic rings. The predicted octanol–water partition coefficient (Wildman–Crippen LogP) is 4.36. The van der Waals surface area contributed by atoms with Crippen molar-refractivity contribution in [2.24, 2.45) is 0 Å². The quantitative estimate of drug-likeness (QED) is 0.615. The molecule has 29 heavy (non-hydrogen) atoms. The van der Waals surface area contributed by atoms with E-state index in [-0.39, 0.29) is 23.7 Å². The standard InChI is InChI=1S/C23H20FN3O2/c1-16(26-22(28)11-8-18-4-2-3-5-21(18)24)17-6-9-20(10-7-17)27-23(29)19-12-14-25-15-13-19/h2-16H,1H3,(H,26,28)(H,27,29)/b11-8+. The molecule has 3 rings (SSSR count). The van der Waals surface area contributed by atoms with Crippen LogP contribution in [0.25, 0.3) is 6.08 Å². The van der Waals surface area contributed by atoms with Gasteiger partial charge in [0.15, 0.2) is 0 Å². The first-order valence-electron chi connectivity index (χ1n) is 9.07. The van der Waals surface area contributed by atoms with E-state index in [2.05, 4.69) is 15.6 Å². The third kappa shape index (κ3) is 5.59. The van der Waals surface area contributed by atoms with Crippen molar-refractivity contribution in [2.75, 3.05) is 5.32 Å². The van der Waals surface area contributed by atoms with Gasteiger partial charge >= 0.3 is 0 Å². The molecule has 1 aromatic heterocycles. The molecule has 0 aliphatic rings. The highest BCUT2D eigenvalue weighted by Gasteiger charge is 2.09. The molecular formula is C23H20FN3O2. The van der Waals surface area contributed by atoms with Crippen molar-refractivity contribution in [1.29, 1.82) is 0 Å². The van der Waals surface area contributed by atoms with E-state index >= 15 is 0 Å². The molecule has 0 spiro atoms. The number of aromatic nitrogens is 1. The average Bonchev–Trinajstić information content (AvgIpc) is 2.74. The molecule has 1 atom stereocenters. The zero-order valence-corrected chi connectivity index (χ0v) is 15.8. The summed E-state index contributed by atoms with van der Waals surface area (Å²) >= 11 is 0. The van der Waals surface area contributed by atoms with E-state index in [4.69, 9.17) is 0 Å². The number of anilines is 1. The molecule has 0 saturated heterocycles. The highest BCUT2D eigenvalue weighted by Crippen LogP contribution is 2.17. The first-order chi connectivity index (χ1) is 14.0. The first-order valence-corrected chi connectivity index (χ1v) is 9.07. The van der Waals surface area contributed by atoms with Crippen molar-refractivity contribution >= 4 is 23.6 Å². The van der Waals surface area contributed by atoms with E-state index in [0.717, 1.165) is 5.56 Å². The minimum Gasteiger partial charge on any atom is -0.346 e. The second-order valence-electron chi connectivity index (χ2n) is 6.40. The monoisotopic (exact) mass is 389 g/mol. The van der Waals surface area contributed by atoms with Crippen LogP contribution in [0.15, 0.2) is 79.1 Å². The third-order valence-corrected chi connectivity index (χ3v) is 4.29. The smallest absolute Gasteiger partial charge is 0.255 e. The Morgan fingerprint density at radius 3 is 2.38 bits per heavy atom. The van der Waals surface area contributed by atoms with E-state index in [9.17, 15) is 14.0 Å². The number of halogens is 1. The van der Waals surface area contributed by atoms with Gasteiger partial charge in [0, 0.05) is 35.3 Å². The maximum Gasteiger partial charge on any atom is 0.255 e. The SMILES string of the molecule is CC(NC(=O)/C=C/c1ccccc1F)c1ccc(NC(=O)c2ccncc2)cc1. The molecule has 146 valence electrons.